The molecule has 1 amide bonds. The first-order valence-electron chi connectivity index (χ1n) is 9.91. The van der Waals surface area contributed by atoms with Gasteiger partial charge < -0.3 is 15.4 Å². The number of piperidine rings is 1. The summed E-state index contributed by atoms with van der Waals surface area (Å²) in [5.41, 5.74) is 6.74. The smallest absolute Gasteiger partial charge is 0.253 e. The van der Waals surface area contributed by atoms with Crippen LogP contribution in [0.15, 0.2) is 24.3 Å². The van der Waals surface area contributed by atoms with E-state index in [-0.39, 0.29) is 11.9 Å². The fourth-order valence-electron chi connectivity index (χ4n) is 4.07. The molecule has 1 aliphatic carbocycles. The number of nitrogens with two attached hydrogens (primary N) is 1. The van der Waals surface area contributed by atoms with Crippen molar-refractivity contribution >= 4 is 5.91 Å². The van der Waals surface area contributed by atoms with Crippen molar-refractivity contribution < 1.29 is 9.53 Å². The van der Waals surface area contributed by atoms with Gasteiger partial charge in [0.2, 0.25) is 0 Å². The summed E-state index contributed by atoms with van der Waals surface area (Å²) in [4.78, 5) is 14.6. The topological polar surface area (TPSA) is 55.6 Å². The predicted octanol–water partition coefficient (Wildman–Crippen LogP) is 3.85. The zero-order valence-corrected chi connectivity index (χ0v) is 15.5. The van der Waals surface area contributed by atoms with Crippen LogP contribution in [0, 0.1) is 11.8 Å². The molecule has 2 N–H and O–H groups in total. The van der Waals surface area contributed by atoms with Gasteiger partial charge in [0.05, 0.1) is 6.61 Å². The zero-order chi connectivity index (χ0) is 17.6. The Labute approximate surface area is 151 Å². The Kier molecular flexibility index (Phi) is 6.35. The summed E-state index contributed by atoms with van der Waals surface area (Å²) in [6, 6.07) is 7.89. The molecule has 1 aromatic carbocycles. The van der Waals surface area contributed by atoms with E-state index in [1.54, 1.807) is 0 Å². The first-order chi connectivity index (χ1) is 12.1. The van der Waals surface area contributed by atoms with Gasteiger partial charge in [-0.15, -0.1) is 0 Å². The van der Waals surface area contributed by atoms with Gasteiger partial charge in [0.25, 0.3) is 5.91 Å². The first kappa shape index (κ1) is 18.2. The number of carbonyl (C=O) groups excluding carboxylic acids is 1. The third kappa shape index (κ3) is 4.97. The van der Waals surface area contributed by atoms with Gasteiger partial charge in [-0.3, -0.25) is 4.79 Å². The number of hydrogen-bond acceptors (Lipinski definition) is 3. The molecule has 0 bridgehead atoms. The Morgan fingerprint density at radius 2 is 1.76 bits per heavy atom. The summed E-state index contributed by atoms with van der Waals surface area (Å²) in [6.45, 7) is 4.49. The largest absolute Gasteiger partial charge is 0.493 e. The molecule has 1 atom stereocenters. The molecule has 1 aliphatic heterocycles. The molecule has 0 aromatic heterocycles. The van der Waals surface area contributed by atoms with Gasteiger partial charge in [0, 0.05) is 24.7 Å². The van der Waals surface area contributed by atoms with Crippen LogP contribution in [0.1, 0.15) is 62.2 Å². The van der Waals surface area contributed by atoms with Crippen LogP contribution in [0.25, 0.3) is 0 Å². The molecule has 0 spiro atoms. The molecule has 1 heterocycles. The average Bonchev–Trinajstić information content (AvgIpc) is 2.67. The number of hydrogen-bond donors (Lipinski definition) is 1. The van der Waals surface area contributed by atoms with Crippen molar-refractivity contribution in [3.8, 4) is 5.75 Å². The van der Waals surface area contributed by atoms with Gasteiger partial charge >= 0.3 is 0 Å². The van der Waals surface area contributed by atoms with E-state index in [0.717, 1.165) is 43.9 Å². The third-order valence-corrected chi connectivity index (χ3v) is 5.88. The zero-order valence-electron chi connectivity index (χ0n) is 15.5. The van der Waals surface area contributed by atoms with Crippen molar-refractivity contribution in [2.24, 2.45) is 17.6 Å². The van der Waals surface area contributed by atoms with E-state index in [1.165, 1.54) is 32.1 Å². The van der Waals surface area contributed by atoms with E-state index < -0.39 is 0 Å². The van der Waals surface area contributed by atoms with Gasteiger partial charge in [-0.1, -0.05) is 19.3 Å². The molecule has 25 heavy (non-hydrogen) atoms. The minimum absolute atomic E-state index is 0.127. The molecule has 3 rings (SSSR count). The van der Waals surface area contributed by atoms with Crippen LogP contribution >= 0.6 is 0 Å². The van der Waals surface area contributed by atoms with Crippen molar-refractivity contribution in [1.82, 2.24) is 4.90 Å². The van der Waals surface area contributed by atoms with Crippen LogP contribution in [0.3, 0.4) is 0 Å². The van der Waals surface area contributed by atoms with Crippen molar-refractivity contribution in [1.29, 1.82) is 0 Å². The molecule has 1 saturated heterocycles. The molecule has 1 aromatic rings. The van der Waals surface area contributed by atoms with Crippen LogP contribution < -0.4 is 10.5 Å². The molecule has 2 fully saturated rings. The molecule has 4 heteroatoms. The van der Waals surface area contributed by atoms with E-state index in [4.69, 9.17) is 10.5 Å². The van der Waals surface area contributed by atoms with Crippen LogP contribution in [0.5, 0.6) is 5.75 Å². The number of nitrogens with zero attached hydrogens (tertiary/aromatic N) is 1. The van der Waals surface area contributed by atoms with Crippen molar-refractivity contribution in [3.63, 3.8) is 0 Å². The molecule has 2 aliphatic rings. The number of benzene rings is 1. The summed E-state index contributed by atoms with van der Waals surface area (Å²) in [5.74, 6) is 2.24. The molecule has 0 radical (unpaired) electrons. The highest BCUT2D eigenvalue weighted by molar-refractivity contribution is 5.94. The normalized spacial score (nSPS) is 21.1. The van der Waals surface area contributed by atoms with Gasteiger partial charge in [-0.25, -0.2) is 0 Å². The van der Waals surface area contributed by atoms with Gasteiger partial charge in [0.1, 0.15) is 5.75 Å². The molecule has 138 valence electrons. The maximum Gasteiger partial charge on any atom is 0.253 e. The lowest BCUT2D eigenvalue weighted by Gasteiger charge is -2.33. The Bertz CT molecular complexity index is 542. The molecule has 1 unspecified atom stereocenters. The predicted molar refractivity (Wildman–Crippen MR) is 101 cm³/mol. The maximum atomic E-state index is 12.6. The second-order valence-electron chi connectivity index (χ2n) is 7.83. The first-order valence-corrected chi connectivity index (χ1v) is 9.91. The number of rotatable bonds is 5. The molecule has 1 saturated carbocycles. The highest BCUT2D eigenvalue weighted by Crippen LogP contribution is 2.25. The quantitative estimate of drug-likeness (QED) is 0.883. The van der Waals surface area contributed by atoms with Crippen molar-refractivity contribution in [2.45, 2.75) is 57.9 Å². The summed E-state index contributed by atoms with van der Waals surface area (Å²) in [7, 11) is 0. The van der Waals surface area contributed by atoms with Crippen LogP contribution in [0.2, 0.25) is 0 Å². The van der Waals surface area contributed by atoms with Gasteiger partial charge in [0.15, 0.2) is 0 Å². The van der Waals surface area contributed by atoms with Crippen LogP contribution in [-0.2, 0) is 0 Å². The Hall–Kier alpha value is -1.55. The van der Waals surface area contributed by atoms with Gasteiger partial charge in [-0.2, -0.15) is 0 Å². The van der Waals surface area contributed by atoms with Crippen LogP contribution in [0.4, 0.5) is 0 Å². The standard InChI is InChI=1S/C21H32N2O2/c1-16(22)18-11-13-23(14-12-18)21(24)19-7-9-20(10-8-19)25-15-17-5-3-2-4-6-17/h7-10,16-18H,2-6,11-15,22H2,1H3. The van der Waals surface area contributed by atoms with Crippen molar-refractivity contribution in [2.75, 3.05) is 19.7 Å². The summed E-state index contributed by atoms with van der Waals surface area (Å²) in [6.07, 6.45) is 8.62. The van der Waals surface area contributed by atoms with E-state index in [1.807, 2.05) is 29.2 Å². The minimum Gasteiger partial charge on any atom is -0.493 e. The molecular weight excluding hydrogens is 312 g/mol. The van der Waals surface area contributed by atoms with E-state index >= 15 is 0 Å². The minimum atomic E-state index is 0.127. The lowest BCUT2D eigenvalue weighted by atomic mass is 9.90. The third-order valence-electron chi connectivity index (χ3n) is 5.88. The lowest BCUT2D eigenvalue weighted by molar-refractivity contribution is 0.0681. The number of likely N-dealkylation sites (tertiary alicyclic amines) is 1. The Balaban J connectivity index is 1.49. The molecule has 4 nitrogen and oxygen atoms in total. The fraction of sp³-hybridized carbons (Fsp3) is 0.667. The second kappa shape index (κ2) is 8.70. The highest BCUT2D eigenvalue weighted by atomic mass is 16.5. The Morgan fingerprint density at radius 1 is 1.12 bits per heavy atom. The van der Waals surface area contributed by atoms with Crippen molar-refractivity contribution in [3.05, 3.63) is 29.8 Å². The van der Waals surface area contributed by atoms with E-state index in [9.17, 15) is 4.79 Å². The number of carbonyl (C=O) groups is 1. The van der Waals surface area contributed by atoms with Crippen LogP contribution in [-0.4, -0.2) is 36.5 Å². The monoisotopic (exact) mass is 344 g/mol. The number of amides is 1. The van der Waals surface area contributed by atoms with Gasteiger partial charge in [-0.05, 0) is 68.7 Å². The number of ether oxygens (including phenoxy) is 1. The summed E-state index contributed by atoms with van der Waals surface area (Å²) in [5, 5.41) is 0. The highest BCUT2D eigenvalue weighted by Gasteiger charge is 2.25. The summed E-state index contributed by atoms with van der Waals surface area (Å²) < 4.78 is 5.93. The average molecular weight is 344 g/mol. The summed E-state index contributed by atoms with van der Waals surface area (Å²) >= 11 is 0. The molecular formula is C21H32N2O2. The maximum absolute atomic E-state index is 12.6. The van der Waals surface area contributed by atoms with E-state index in [2.05, 4.69) is 6.92 Å². The SMILES string of the molecule is CC(N)C1CCN(C(=O)c2ccc(OCC3CCCCC3)cc2)CC1. The lowest BCUT2D eigenvalue weighted by Crippen LogP contribution is -2.42. The second-order valence-corrected chi connectivity index (χ2v) is 7.83. The van der Waals surface area contributed by atoms with E-state index in [0.29, 0.717) is 11.8 Å². The fourth-order valence-corrected chi connectivity index (χ4v) is 4.07. The Morgan fingerprint density at radius 3 is 2.36 bits per heavy atom.